The Morgan fingerprint density at radius 3 is 2.44 bits per heavy atom. The maximum absolute atomic E-state index is 5.18. The first-order chi connectivity index (χ1) is 4.35. The van der Waals surface area contributed by atoms with Gasteiger partial charge in [0.1, 0.15) is 0 Å². The van der Waals surface area contributed by atoms with Gasteiger partial charge in [0.2, 0.25) is 0 Å². The summed E-state index contributed by atoms with van der Waals surface area (Å²) in [5.41, 5.74) is 0. The van der Waals surface area contributed by atoms with Crippen LogP contribution in [0.2, 0.25) is 0 Å². The highest BCUT2D eigenvalue weighted by molar-refractivity contribution is 5.75. The first-order valence-electron chi connectivity index (χ1n) is 3.43. The van der Waals surface area contributed by atoms with Crippen LogP contribution in [-0.4, -0.2) is 19.6 Å². The molecule has 0 rings (SSSR count). The van der Waals surface area contributed by atoms with Crippen LogP contribution in [-0.2, 0) is 4.74 Å². The van der Waals surface area contributed by atoms with Gasteiger partial charge >= 0.3 is 0 Å². The topological polar surface area (TPSA) is 21.6 Å². The van der Waals surface area contributed by atoms with Gasteiger partial charge in [0.15, 0.2) is 5.90 Å². The van der Waals surface area contributed by atoms with E-state index >= 15 is 0 Å². The molecular weight excluding hydrogens is 114 g/mol. The maximum atomic E-state index is 5.18. The van der Waals surface area contributed by atoms with E-state index in [9.17, 15) is 0 Å². The van der Waals surface area contributed by atoms with E-state index in [0.29, 0.717) is 0 Å². The fourth-order valence-electron chi connectivity index (χ4n) is 0.629. The van der Waals surface area contributed by atoms with E-state index < -0.39 is 0 Å². The molecule has 0 radical (unpaired) electrons. The molecule has 9 heavy (non-hydrogen) atoms. The highest BCUT2D eigenvalue weighted by atomic mass is 16.5. The molecule has 0 aromatic heterocycles. The van der Waals surface area contributed by atoms with Crippen LogP contribution in [0, 0.1) is 0 Å². The molecule has 0 saturated heterocycles. The molecule has 0 spiro atoms. The van der Waals surface area contributed by atoms with Gasteiger partial charge in [0.05, 0.1) is 6.61 Å². The number of aliphatic imine (C=N–C) groups is 1. The van der Waals surface area contributed by atoms with Gasteiger partial charge in [-0.3, -0.25) is 4.99 Å². The molecule has 0 aliphatic carbocycles. The second-order valence-electron chi connectivity index (χ2n) is 1.80. The molecule has 0 aromatic rings. The summed E-state index contributed by atoms with van der Waals surface area (Å²) in [6.45, 7) is 4.82. The molecule has 0 fully saturated rings. The van der Waals surface area contributed by atoms with Gasteiger partial charge in [0, 0.05) is 13.5 Å². The van der Waals surface area contributed by atoms with Crippen molar-refractivity contribution in [3.8, 4) is 0 Å². The SMILES string of the molecule is CCCC(=NC)OCC. The van der Waals surface area contributed by atoms with Crippen LogP contribution in [0.15, 0.2) is 4.99 Å². The molecule has 0 saturated carbocycles. The van der Waals surface area contributed by atoms with Crippen LogP contribution >= 0.6 is 0 Å². The molecule has 0 amide bonds. The molecule has 54 valence electrons. The first-order valence-corrected chi connectivity index (χ1v) is 3.43. The first kappa shape index (κ1) is 8.47. The van der Waals surface area contributed by atoms with Gasteiger partial charge in [-0.1, -0.05) is 6.92 Å². The van der Waals surface area contributed by atoms with Gasteiger partial charge in [-0.25, -0.2) is 0 Å². The molecule has 2 heteroatoms. The number of ether oxygens (including phenoxy) is 1. The van der Waals surface area contributed by atoms with E-state index in [1.807, 2.05) is 6.92 Å². The van der Waals surface area contributed by atoms with E-state index in [2.05, 4.69) is 11.9 Å². The molecule has 0 bridgehead atoms. The van der Waals surface area contributed by atoms with Crippen LogP contribution in [0.25, 0.3) is 0 Å². The van der Waals surface area contributed by atoms with E-state index in [4.69, 9.17) is 4.74 Å². The number of hydrogen-bond acceptors (Lipinski definition) is 2. The van der Waals surface area contributed by atoms with Crippen LogP contribution in [0.3, 0.4) is 0 Å². The number of rotatable bonds is 3. The molecule has 0 N–H and O–H groups in total. The van der Waals surface area contributed by atoms with E-state index in [1.54, 1.807) is 7.05 Å². The molecule has 0 aromatic carbocycles. The fourth-order valence-corrected chi connectivity index (χ4v) is 0.629. The smallest absolute Gasteiger partial charge is 0.182 e. The van der Waals surface area contributed by atoms with Crippen molar-refractivity contribution >= 4 is 5.90 Å². The molecular formula is C7H15NO. The fraction of sp³-hybridized carbons (Fsp3) is 0.857. The molecule has 0 aliphatic rings. The summed E-state index contributed by atoms with van der Waals surface area (Å²) >= 11 is 0. The third kappa shape index (κ3) is 4.01. The zero-order valence-electron chi connectivity index (χ0n) is 6.48. The molecule has 0 unspecified atom stereocenters. The van der Waals surface area contributed by atoms with Gasteiger partial charge in [-0.05, 0) is 13.3 Å². The average Bonchev–Trinajstić information content (AvgIpc) is 1.88. The van der Waals surface area contributed by atoms with Gasteiger partial charge in [-0.15, -0.1) is 0 Å². The van der Waals surface area contributed by atoms with Crippen molar-refractivity contribution in [3.05, 3.63) is 0 Å². The van der Waals surface area contributed by atoms with Crippen molar-refractivity contribution in [2.75, 3.05) is 13.7 Å². The summed E-state index contributed by atoms with van der Waals surface area (Å²) in [7, 11) is 1.76. The van der Waals surface area contributed by atoms with Gasteiger partial charge < -0.3 is 4.74 Å². The monoisotopic (exact) mass is 129 g/mol. The zero-order valence-corrected chi connectivity index (χ0v) is 6.48. The predicted molar refractivity (Wildman–Crippen MR) is 39.9 cm³/mol. The minimum absolute atomic E-state index is 0.729. The Morgan fingerprint density at radius 2 is 2.11 bits per heavy atom. The highest BCUT2D eigenvalue weighted by Crippen LogP contribution is 1.92. The Balaban J connectivity index is 3.43. The Morgan fingerprint density at radius 1 is 1.44 bits per heavy atom. The summed E-state index contributed by atoms with van der Waals surface area (Å²) in [6.07, 6.45) is 2.07. The molecule has 2 nitrogen and oxygen atoms in total. The lowest BCUT2D eigenvalue weighted by Gasteiger charge is -2.02. The lowest BCUT2D eigenvalue weighted by Crippen LogP contribution is -2.03. The normalized spacial score (nSPS) is 11.7. The number of nitrogens with zero attached hydrogens (tertiary/aromatic N) is 1. The second-order valence-corrected chi connectivity index (χ2v) is 1.80. The lowest BCUT2D eigenvalue weighted by molar-refractivity contribution is 0.316. The summed E-state index contributed by atoms with van der Waals surface area (Å²) < 4.78 is 5.18. The Labute approximate surface area is 56.9 Å². The standard InChI is InChI=1S/C7H15NO/c1-4-6-7(8-3)9-5-2/h4-6H2,1-3H3. The summed E-state index contributed by atoms with van der Waals surface area (Å²) in [5.74, 6) is 0.875. The second kappa shape index (κ2) is 5.60. The summed E-state index contributed by atoms with van der Waals surface area (Å²) in [6, 6.07) is 0. The zero-order chi connectivity index (χ0) is 7.11. The Bertz CT molecular complexity index is 80.9. The molecule has 0 heterocycles. The van der Waals surface area contributed by atoms with Crippen molar-refractivity contribution in [2.45, 2.75) is 26.7 Å². The van der Waals surface area contributed by atoms with Crippen molar-refractivity contribution < 1.29 is 4.74 Å². The minimum Gasteiger partial charge on any atom is -0.481 e. The quantitative estimate of drug-likeness (QED) is 0.421. The van der Waals surface area contributed by atoms with Crippen LogP contribution in [0.4, 0.5) is 0 Å². The van der Waals surface area contributed by atoms with Crippen molar-refractivity contribution in [1.29, 1.82) is 0 Å². The van der Waals surface area contributed by atoms with Crippen LogP contribution in [0.5, 0.6) is 0 Å². The van der Waals surface area contributed by atoms with Crippen LogP contribution < -0.4 is 0 Å². The number of hydrogen-bond donors (Lipinski definition) is 0. The van der Waals surface area contributed by atoms with E-state index in [0.717, 1.165) is 25.3 Å². The van der Waals surface area contributed by atoms with Gasteiger partial charge in [-0.2, -0.15) is 0 Å². The molecule has 0 atom stereocenters. The predicted octanol–water partition coefficient (Wildman–Crippen LogP) is 1.85. The van der Waals surface area contributed by atoms with Crippen molar-refractivity contribution in [1.82, 2.24) is 0 Å². The summed E-state index contributed by atoms with van der Waals surface area (Å²) in [4.78, 5) is 3.96. The van der Waals surface area contributed by atoms with Gasteiger partial charge in [0.25, 0.3) is 0 Å². The van der Waals surface area contributed by atoms with Crippen molar-refractivity contribution in [2.24, 2.45) is 4.99 Å². The van der Waals surface area contributed by atoms with E-state index in [-0.39, 0.29) is 0 Å². The minimum atomic E-state index is 0.729. The van der Waals surface area contributed by atoms with E-state index in [1.165, 1.54) is 0 Å². The largest absolute Gasteiger partial charge is 0.481 e. The average molecular weight is 129 g/mol. The third-order valence-corrected chi connectivity index (χ3v) is 1.02. The lowest BCUT2D eigenvalue weighted by atomic mass is 10.3. The van der Waals surface area contributed by atoms with Crippen LogP contribution in [0.1, 0.15) is 26.7 Å². The Kier molecular flexibility index (Phi) is 5.27. The molecule has 0 aliphatic heterocycles. The third-order valence-electron chi connectivity index (χ3n) is 1.02. The van der Waals surface area contributed by atoms with Crippen molar-refractivity contribution in [3.63, 3.8) is 0 Å². The highest BCUT2D eigenvalue weighted by Gasteiger charge is 1.92. The Hall–Kier alpha value is -0.530. The maximum Gasteiger partial charge on any atom is 0.182 e. The summed E-state index contributed by atoms with van der Waals surface area (Å²) in [5, 5.41) is 0.